The predicted octanol–water partition coefficient (Wildman–Crippen LogP) is 3.22. The summed E-state index contributed by atoms with van der Waals surface area (Å²) >= 11 is 0. The van der Waals surface area contributed by atoms with Crippen LogP contribution in [0.15, 0.2) is 60.7 Å². The average molecular weight is 268 g/mol. The third-order valence-corrected chi connectivity index (χ3v) is 3.17. The number of rotatable bonds is 5. The van der Waals surface area contributed by atoms with Gasteiger partial charge >= 0.3 is 5.97 Å². The zero-order valence-electron chi connectivity index (χ0n) is 11.3. The molecule has 0 aliphatic heterocycles. The largest absolute Gasteiger partial charge is 0.469 e. The Morgan fingerprint density at radius 1 is 0.950 bits per heavy atom. The molecule has 1 atom stereocenters. The Morgan fingerprint density at radius 2 is 1.50 bits per heavy atom. The van der Waals surface area contributed by atoms with E-state index in [2.05, 4.69) is 0 Å². The van der Waals surface area contributed by atoms with Crippen LogP contribution in [0.3, 0.4) is 0 Å². The summed E-state index contributed by atoms with van der Waals surface area (Å²) in [7, 11) is 1.34. The molecule has 0 spiro atoms. The second-order valence-electron chi connectivity index (χ2n) is 4.48. The molecule has 0 aliphatic carbocycles. The van der Waals surface area contributed by atoms with E-state index in [4.69, 9.17) is 4.74 Å². The second-order valence-corrected chi connectivity index (χ2v) is 4.48. The lowest BCUT2D eigenvalue weighted by Gasteiger charge is -2.14. The molecule has 0 aromatic heterocycles. The summed E-state index contributed by atoms with van der Waals surface area (Å²) in [6.07, 6.45) is 0.112. The summed E-state index contributed by atoms with van der Waals surface area (Å²) in [6, 6.07) is 18.2. The molecule has 0 saturated heterocycles. The number of benzene rings is 2. The van der Waals surface area contributed by atoms with Gasteiger partial charge in [-0.25, -0.2) is 0 Å². The molecule has 0 aliphatic rings. The van der Waals surface area contributed by atoms with Crippen molar-refractivity contribution in [3.05, 3.63) is 71.8 Å². The van der Waals surface area contributed by atoms with Gasteiger partial charge in [0.25, 0.3) is 0 Å². The lowest BCUT2D eigenvalue weighted by Crippen LogP contribution is -2.18. The number of carbonyl (C=O) groups excluding carboxylic acids is 2. The molecule has 3 heteroatoms. The maximum Gasteiger partial charge on any atom is 0.313 e. The van der Waals surface area contributed by atoms with E-state index in [0.29, 0.717) is 5.56 Å². The molecule has 2 rings (SSSR count). The molecular formula is C17H16O3. The van der Waals surface area contributed by atoms with Gasteiger partial charge in [0.1, 0.15) is 0 Å². The topological polar surface area (TPSA) is 43.4 Å². The van der Waals surface area contributed by atoms with E-state index in [0.717, 1.165) is 5.56 Å². The number of esters is 1. The molecule has 2 aromatic carbocycles. The molecular weight excluding hydrogens is 252 g/mol. The summed E-state index contributed by atoms with van der Waals surface area (Å²) in [5.41, 5.74) is 1.40. The fraction of sp³-hybridized carbons (Fsp3) is 0.176. The summed E-state index contributed by atoms with van der Waals surface area (Å²) in [5.74, 6) is -1.01. The van der Waals surface area contributed by atoms with Gasteiger partial charge in [-0.2, -0.15) is 0 Å². The zero-order valence-corrected chi connectivity index (χ0v) is 11.3. The molecule has 0 amide bonds. The van der Waals surface area contributed by atoms with Crippen LogP contribution in [0.25, 0.3) is 0 Å². The van der Waals surface area contributed by atoms with Gasteiger partial charge in [-0.05, 0) is 5.56 Å². The van der Waals surface area contributed by atoms with Crippen LogP contribution in [0.5, 0.6) is 0 Å². The molecule has 20 heavy (non-hydrogen) atoms. The number of Topliss-reactive ketones (excluding diaryl/α,β-unsaturated/α-hetero) is 1. The van der Waals surface area contributed by atoms with E-state index in [1.54, 1.807) is 12.1 Å². The maximum atomic E-state index is 12.2. The highest BCUT2D eigenvalue weighted by molar-refractivity contribution is 5.99. The molecule has 0 saturated carbocycles. The highest BCUT2D eigenvalue weighted by atomic mass is 16.5. The molecule has 0 N–H and O–H groups in total. The highest BCUT2D eigenvalue weighted by Crippen LogP contribution is 2.23. The van der Waals surface area contributed by atoms with Gasteiger partial charge in [-0.3, -0.25) is 9.59 Å². The Kier molecular flexibility index (Phi) is 4.66. The van der Waals surface area contributed by atoms with Crippen molar-refractivity contribution >= 4 is 11.8 Å². The van der Waals surface area contributed by atoms with Crippen LogP contribution in [-0.2, 0) is 9.53 Å². The van der Waals surface area contributed by atoms with E-state index >= 15 is 0 Å². The standard InChI is InChI=1S/C17H16O3/c1-20-17(19)15(13-8-4-2-5-9-13)12-16(18)14-10-6-3-7-11-14/h2-11,15H,12H2,1H3. The van der Waals surface area contributed by atoms with Crippen molar-refractivity contribution in [2.75, 3.05) is 7.11 Å². The highest BCUT2D eigenvalue weighted by Gasteiger charge is 2.24. The third kappa shape index (κ3) is 3.32. The molecule has 0 fully saturated rings. The Bertz CT molecular complexity index is 576. The third-order valence-electron chi connectivity index (χ3n) is 3.17. The SMILES string of the molecule is COC(=O)C(CC(=O)c1ccccc1)c1ccccc1. The number of hydrogen-bond acceptors (Lipinski definition) is 3. The van der Waals surface area contributed by atoms with E-state index in [9.17, 15) is 9.59 Å². The van der Waals surface area contributed by atoms with Crippen LogP contribution in [-0.4, -0.2) is 18.9 Å². The van der Waals surface area contributed by atoms with Crippen LogP contribution in [0.2, 0.25) is 0 Å². The number of methoxy groups -OCH3 is 1. The molecule has 3 nitrogen and oxygen atoms in total. The second kappa shape index (κ2) is 6.66. The van der Waals surface area contributed by atoms with Crippen molar-refractivity contribution in [1.29, 1.82) is 0 Å². The molecule has 0 radical (unpaired) electrons. The fourth-order valence-electron chi connectivity index (χ4n) is 2.09. The Labute approximate surface area is 118 Å². The first kappa shape index (κ1) is 14.0. The normalized spacial score (nSPS) is 11.7. The summed E-state index contributed by atoms with van der Waals surface area (Å²) in [4.78, 5) is 24.1. The van der Waals surface area contributed by atoms with Crippen molar-refractivity contribution in [2.45, 2.75) is 12.3 Å². The van der Waals surface area contributed by atoms with E-state index in [1.165, 1.54) is 7.11 Å². The van der Waals surface area contributed by atoms with Crippen molar-refractivity contribution < 1.29 is 14.3 Å². The molecule has 0 heterocycles. The summed E-state index contributed by atoms with van der Waals surface area (Å²) in [5, 5.41) is 0. The lowest BCUT2D eigenvalue weighted by molar-refractivity contribution is -0.142. The zero-order chi connectivity index (χ0) is 14.4. The predicted molar refractivity (Wildman–Crippen MR) is 76.6 cm³/mol. The van der Waals surface area contributed by atoms with Crippen LogP contribution in [0.4, 0.5) is 0 Å². The molecule has 0 bridgehead atoms. The Morgan fingerprint density at radius 3 is 2.05 bits per heavy atom. The minimum atomic E-state index is -0.561. The Hall–Kier alpha value is -2.42. The van der Waals surface area contributed by atoms with Crippen molar-refractivity contribution in [3.8, 4) is 0 Å². The first-order valence-electron chi connectivity index (χ1n) is 6.43. The average Bonchev–Trinajstić information content (AvgIpc) is 2.53. The smallest absolute Gasteiger partial charge is 0.313 e. The minimum absolute atomic E-state index is 0.0650. The Balaban J connectivity index is 2.21. The van der Waals surface area contributed by atoms with Crippen LogP contribution in [0.1, 0.15) is 28.3 Å². The quantitative estimate of drug-likeness (QED) is 0.617. The van der Waals surface area contributed by atoms with E-state index in [-0.39, 0.29) is 18.2 Å². The lowest BCUT2D eigenvalue weighted by atomic mass is 9.91. The van der Waals surface area contributed by atoms with Crippen molar-refractivity contribution in [3.63, 3.8) is 0 Å². The van der Waals surface area contributed by atoms with Crippen molar-refractivity contribution in [1.82, 2.24) is 0 Å². The van der Waals surface area contributed by atoms with Crippen LogP contribution < -0.4 is 0 Å². The molecule has 102 valence electrons. The maximum absolute atomic E-state index is 12.2. The first-order chi connectivity index (χ1) is 9.72. The number of carbonyl (C=O) groups is 2. The van der Waals surface area contributed by atoms with Gasteiger partial charge in [0.2, 0.25) is 0 Å². The monoisotopic (exact) mass is 268 g/mol. The molecule has 1 unspecified atom stereocenters. The minimum Gasteiger partial charge on any atom is -0.469 e. The van der Waals surface area contributed by atoms with Gasteiger partial charge in [0.15, 0.2) is 5.78 Å². The van der Waals surface area contributed by atoms with Gasteiger partial charge in [0.05, 0.1) is 13.0 Å². The number of ketones is 1. The summed E-state index contributed by atoms with van der Waals surface area (Å²) < 4.78 is 4.81. The first-order valence-corrected chi connectivity index (χ1v) is 6.43. The number of hydrogen-bond donors (Lipinski definition) is 0. The van der Waals surface area contributed by atoms with E-state index in [1.807, 2.05) is 48.5 Å². The summed E-state index contributed by atoms with van der Waals surface area (Å²) in [6.45, 7) is 0. The van der Waals surface area contributed by atoms with Gasteiger partial charge in [-0.1, -0.05) is 60.7 Å². The molecule has 2 aromatic rings. The fourth-order valence-corrected chi connectivity index (χ4v) is 2.09. The van der Waals surface area contributed by atoms with Crippen molar-refractivity contribution in [2.24, 2.45) is 0 Å². The van der Waals surface area contributed by atoms with Gasteiger partial charge < -0.3 is 4.74 Å². The van der Waals surface area contributed by atoms with E-state index < -0.39 is 5.92 Å². The number of ether oxygens (including phenoxy) is 1. The van der Waals surface area contributed by atoms with Gasteiger partial charge in [-0.15, -0.1) is 0 Å². The van der Waals surface area contributed by atoms with Crippen LogP contribution in [0, 0.1) is 0 Å². The van der Waals surface area contributed by atoms with Crippen LogP contribution >= 0.6 is 0 Å². The van der Waals surface area contributed by atoms with Gasteiger partial charge in [0, 0.05) is 12.0 Å².